The number of nitrogens with zero attached hydrogens (tertiary/aromatic N) is 1. The van der Waals surface area contributed by atoms with Crippen LogP contribution < -0.4 is 4.74 Å². The number of halogens is 1. The average molecular weight is 270 g/mol. The predicted octanol–water partition coefficient (Wildman–Crippen LogP) is 3.18. The molecule has 1 fully saturated rings. The third kappa shape index (κ3) is 3.87. The summed E-state index contributed by atoms with van der Waals surface area (Å²) in [5.41, 5.74) is 0. The van der Waals surface area contributed by atoms with E-state index in [2.05, 4.69) is 4.90 Å². The predicted molar refractivity (Wildman–Crippen MR) is 73.2 cm³/mol. The lowest BCUT2D eigenvalue weighted by Gasteiger charge is -2.27. The number of hydrogen-bond acceptors (Lipinski definition) is 3. The summed E-state index contributed by atoms with van der Waals surface area (Å²) < 4.78 is 11.5. The van der Waals surface area contributed by atoms with E-state index >= 15 is 0 Å². The lowest BCUT2D eigenvalue weighted by atomic mass is 10.3. The molecule has 1 heterocycles. The first kappa shape index (κ1) is 13.7. The summed E-state index contributed by atoms with van der Waals surface area (Å²) in [7, 11) is 0. The normalized spacial score (nSPS) is 17.9. The Morgan fingerprint density at radius 1 is 1.22 bits per heavy atom. The Hall–Kier alpha value is -0.770. The van der Waals surface area contributed by atoms with Crippen LogP contribution in [0.5, 0.6) is 5.75 Å². The van der Waals surface area contributed by atoms with Gasteiger partial charge in [0.1, 0.15) is 5.75 Å². The minimum absolute atomic E-state index is 0.00799. The van der Waals surface area contributed by atoms with Gasteiger partial charge in [0.15, 0.2) is 6.23 Å². The Balaban J connectivity index is 1.97. The van der Waals surface area contributed by atoms with Crippen LogP contribution in [0.25, 0.3) is 0 Å². The van der Waals surface area contributed by atoms with Crippen LogP contribution in [0, 0.1) is 0 Å². The molecule has 100 valence electrons. The summed E-state index contributed by atoms with van der Waals surface area (Å²) >= 11 is 5.87. The zero-order valence-electron chi connectivity index (χ0n) is 10.8. The quantitative estimate of drug-likeness (QED) is 0.792. The summed E-state index contributed by atoms with van der Waals surface area (Å²) in [5, 5.41) is 0.727. The van der Waals surface area contributed by atoms with Gasteiger partial charge in [-0.15, -0.1) is 0 Å². The molecule has 1 saturated heterocycles. The van der Waals surface area contributed by atoms with Crippen LogP contribution in [-0.4, -0.2) is 37.4 Å². The van der Waals surface area contributed by atoms with Gasteiger partial charge in [-0.25, -0.2) is 0 Å². The van der Waals surface area contributed by atoms with Gasteiger partial charge >= 0.3 is 0 Å². The average Bonchev–Trinajstić information content (AvgIpc) is 2.90. The van der Waals surface area contributed by atoms with E-state index in [0.717, 1.165) is 23.9 Å². The second-order valence-corrected chi connectivity index (χ2v) is 4.87. The monoisotopic (exact) mass is 269 g/mol. The molecule has 0 radical (unpaired) electrons. The maximum Gasteiger partial charge on any atom is 0.176 e. The minimum atomic E-state index is 0.00799. The highest BCUT2D eigenvalue weighted by atomic mass is 35.5. The van der Waals surface area contributed by atoms with Crippen LogP contribution in [0.2, 0.25) is 5.02 Å². The number of ether oxygens (including phenoxy) is 2. The largest absolute Gasteiger partial charge is 0.473 e. The molecule has 0 unspecified atom stereocenters. The molecule has 0 bridgehead atoms. The van der Waals surface area contributed by atoms with E-state index in [9.17, 15) is 0 Å². The molecule has 3 nitrogen and oxygen atoms in total. The van der Waals surface area contributed by atoms with E-state index in [1.165, 1.54) is 12.8 Å². The third-order valence-corrected chi connectivity index (χ3v) is 3.35. The maximum atomic E-state index is 6.00. The van der Waals surface area contributed by atoms with E-state index in [0.29, 0.717) is 13.2 Å². The van der Waals surface area contributed by atoms with Gasteiger partial charge < -0.3 is 9.47 Å². The van der Waals surface area contributed by atoms with Crippen molar-refractivity contribution in [3.8, 4) is 5.75 Å². The minimum Gasteiger partial charge on any atom is -0.473 e. The highest BCUT2D eigenvalue weighted by Gasteiger charge is 2.23. The van der Waals surface area contributed by atoms with Crippen LogP contribution in [0.15, 0.2) is 24.3 Å². The van der Waals surface area contributed by atoms with Crippen molar-refractivity contribution in [1.82, 2.24) is 4.90 Å². The molecule has 0 aromatic heterocycles. The van der Waals surface area contributed by atoms with Gasteiger partial charge in [-0.3, -0.25) is 4.90 Å². The zero-order valence-corrected chi connectivity index (χ0v) is 11.5. The van der Waals surface area contributed by atoms with Gasteiger partial charge in [0.2, 0.25) is 0 Å². The summed E-state index contributed by atoms with van der Waals surface area (Å²) in [6, 6.07) is 7.49. The highest BCUT2D eigenvalue weighted by Crippen LogP contribution is 2.20. The van der Waals surface area contributed by atoms with Gasteiger partial charge in [-0.05, 0) is 44.0 Å². The van der Waals surface area contributed by atoms with Gasteiger partial charge in [0.05, 0.1) is 6.61 Å². The van der Waals surface area contributed by atoms with Crippen LogP contribution in [0.4, 0.5) is 0 Å². The number of likely N-dealkylation sites (tertiary alicyclic amines) is 1. The molecule has 0 amide bonds. The maximum absolute atomic E-state index is 6.00. The molecule has 4 heteroatoms. The number of rotatable bonds is 6. The van der Waals surface area contributed by atoms with Crippen molar-refractivity contribution >= 4 is 11.6 Å². The second-order valence-electron chi connectivity index (χ2n) is 4.43. The van der Waals surface area contributed by atoms with E-state index in [-0.39, 0.29) is 6.23 Å². The molecule has 18 heavy (non-hydrogen) atoms. The highest BCUT2D eigenvalue weighted by molar-refractivity contribution is 6.30. The smallest absolute Gasteiger partial charge is 0.176 e. The number of hydrogen-bond donors (Lipinski definition) is 0. The molecule has 1 aliphatic heterocycles. The lowest BCUT2D eigenvalue weighted by molar-refractivity contribution is -0.0291. The Labute approximate surface area is 114 Å². The summed E-state index contributed by atoms with van der Waals surface area (Å²) in [6.45, 7) is 5.51. The van der Waals surface area contributed by atoms with E-state index < -0.39 is 0 Å². The Morgan fingerprint density at radius 2 is 1.89 bits per heavy atom. The van der Waals surface area contributed by atoms with Crippen molar-refractivity contribution in [1.29, 1.82) is 0 Å². The van der Waals surface area contributed by atoms with Crippen molar-refractivity contribution in [2.45, 2.75) is 26.0 Å². The number of benzene rings is 1. The Morgan fingerprint density at radius 3 is 2.50 bits per heavy atom. The third-order valence-electron chi connectivity index (χ3n) is 3.10. The Bertz CT molecular complexity index is 349. The molecule has 0 saturated carbocycles. The fraction of sp³-hybridized carbons (Fsp3) is 0.571. The van der Waals surface area contributed by atoms with Crippen molar-refractivity contribution in [3.63, 3.8) is 0 Å². The summed E-state index contributed by atoms with van der Waals surface area (Å²) in [6.07, 6.45) is 2.49. The van der Waals surface area contributed by atoms with Crippen molar-refractivity contribution in [3.05, 3.63) is 29.3 Å². The van der Waals surface area contributed by atoms with E-state index in [4.69, 9.17) is 21.1 Å². The van der Waals surface area contributed by atoms with E-state index in [1.807, 2.05) is 31.2 Å². The standard InChI is InChI=1S/C14H20ClNO2/c1-2-17-11-14(16-9-3-4-10-16)18-13-7-5-12(15)6-8-13/h5-8,14H,2-4,9-11H2,1H3/t14-/m1/s1. The molecular formula is C14H20ClNO2. The molecular weight excluding hydrogens is 250 g/mol. The van der Waals surface area contributed by atoms with Crippen LogP contribution in [0.1, 0.15) is 19.8 Å². The summed E-state index contributed by atoms with van der Waals surface area (Å²) in [4.78, 5) is 2.34. The van der Waals surface area contributed by atoms with Crippen molar-refractivity contribution in [2.24, 2.45) is 0 Å². The van der Waals surface area contributed by atoms with Crippen LogP contribution in [-0.2, 0) is 4.74 Å². The summed E-state index contributed by atoms with van der Waals surface area (Å²) in [5.74, 6) is 0.844. The molecule has 1 aromatic carbocycles. The van der Waals surface area contributed by atoms with Crippen LogP contribution >= 0.6 is 11.6 Å². The van der Waals surface area contributed by atoms with Gasteiger partial charge in [0, 0.05) is 24.7 Å². The van der Waals surface area contributed by atoms with Gasteiger partial charge in [-0.2, -0.15) is 0 Å². The van der Waals surface area contributed by atoms with Gasteiger partial charge in [-0.1, -0.05) is 11.6 Å². The van der Waals surface area contributed by atoms with Crippen molar-refractivity contribution in [2.75, 3.05) is 26.3 Å². The molecule has 2 rings (SSSR count). The molecule has 1 atom stereocenters. The first-order valence-corrected chi connectivity index (χ1v) is 6.91. The van der Waals surface area contributed by atoms with Crippen LogP contribution in [0.3, 0.4) is 0 Å². The fourth-order valence-electron chi connectivity index (χ4n) is 2.13. The first-order valence-electron chi connectivity index (χ1n) is 6.53. The van der Waals surface area contributed by atoms with Crippen molar-refractivity contribution < 1.29 is 9.47 Å². The molecule has 0 N–H and O–H groups in total. The first-order chi connectivity index (χ1) is 8.79. The fourth-order valence-corrected chi connectivity index (χ4v) is 2.26. The SMILES string of the molecule is CCOC[C@@H](Oc1ccc(Cl)cc1)N1CCCC1. The Kier molecular flexibility index (Phi) is 5.29. The second kappa shape index (κ2) is 6.98. The molecule has 1 aliphatic rings. The topological polar surface area (TPSA) is 21.7 Å². The van der Waals surface area contributed by atoms with E-state index in [1.54, 1.807) is 0 Å². The van der Waals surface area contributed by atoms with Gasteiger partial charge in [0.25, 0.3) is 0 Å². The molecule has 0 aliphatic carbocycles. The molecule has 1 aromatic rings. The lowest BCUT2D eigenvalue weighted by Crippen LogP contribution is -2.41. The molecule has 0 spiro atoms. The zero-order chi connectivity index (χ0) is 12.8.